The first-order valence-electron chi connectivity index (χ1n) is 5.74. The van der Waals surface area contributed by atoms with E-state index in [1.807, 2.05) is 0 Å². The number of anilines is 2. The fraction of sp³-hybridized carbons (Fsp3) is 0.0769. The van der Waals surface area contributed by atoms with Crippen molar-refractivity contribution in [1.29, 1.82) is 0 Å². The molecule has 0 spiro atoms. The van der Waals surface area contributed by atoms with Crippen molar-refractivity contribution >= 4 is 27.3 Å². The van der Waals surface area contributed by atoms with Crippen molar-refractivity contribution in [3.8, 4) is 0 Å². The molecule has 0 aliphatic rings. The van der Waals surface area contributed by atoms with E-state index in [0.29, 0.717) is 11.3 Å². The maximum absolute atomic E-state index is 12.2. The minimum atomic E-state index is -3.84. The summed E-state index contributed by atoms with van der Waals surface area (Å²) in [5, 5.41) is 0. The Kier molecular flexibility index (Phi) is 3.71. The summed E-state index contributed by atoms with van der Waals surface area (Å²) in [4.78, 5) is 14.9. The first-order valence-corrected chi connectivity index (χ1v) is 7.23. The van der Waals surface area contributed by atoms with Crippen LogP contribution in [0.5, 0.6) is 0 Å². The van der Waals surface area contributed by atoms with Crippen molar-refractivity contribution in [2.45, 2.75) is 11.8 Å². The fourth-order valence-corrected chi connectivity index (χ4v) is 2.77. The van der Waals surface area contributed by atoms with E-state index < -0.39 is 10.0 Å². The smallest absolute Gasteiger partial charge is 0.265 e. The predicted molar refractivity (Wildman–Crippen MR) is 75.9 cm³/mol. The third-order valence-corrected chi connectivity index (χ3v) is 4.04. The largest absolute Gasteiger partial charge is 0.383 e. The molecule has 0 saturated carbocycles. The van der Waals surface area contributed by atoms with Gasteiger partial charge in [-0.25, -0.2) is 13.4 Å². The van der Waals surface area contributed by atoms with Crippen LogP contribution in [0.4, 0.5) is 11.5 Å². The number of carbonyl (C=O) groups excluding carboxylic acids is 1. The lowest BCUT2D eigenvalue weighted by atomic mass is 10.1. The van der Waals surface area contributed by atoms with Gasteiger partial charge >= 0.3 is 0 Å². The SMILES string of the molecule is CC(=O)c1cccc(NS(=O)(=O)c2cccnc2N)c1. The van der Waals surface area contributed by atoms with Crippen molar-refractivity contribution in [1.82, 2.24) is 4.98 Å². The van der Waals surface area contributed by atoms with Gasteiger partial charge in [0.25, 0.3) is 10.0 Å². The molecular formula is C13H13N3O3S. The highest BCUT2D eigenvalue weighted by atomic mass is 32.2. The number of nitrogens with zero attached hydrogens (tertiary/aromatic N) is 1. The first kappa shape index (κ1) is 14.0. The second-order valence-electron chi connectivity index (χ2n) is 4.13. The first-order chi connectivity index (χ1) is 9.40. The highest BCUT2D eigenvalue weighted by Crippen LogP contribution is 2.20. The zero-order valence-corrected chi connectivity index (χ0v) is 11.5. The third kappa shape index (κ3) is 2.94. The summed E-state index contributed by atoms with van der Waals surface area (Å²) in [6, 6.07) is 9.07. The molecule has 2 rings (SSSR count). The number of benzene rings is 1. The van der Waals surface area contributed by atoms with Gasteiger partial charge in [-0.1, -0.05) is 12.1 Å². The number of hydrogen-bond donors (Lipinski definition) is 2. The van der Waals surface area contributed by atoms with Gasteiger partial charge in [-0.15, -0.1) is 0 Å². The van der Waals surface area contributed by atoms with Gasteiger partial charge in [-0.3, -0.25) is 9.52 Å². The number of pyridine rings is 1. The lowest BCUT2D eigenvalue weighted by Crippen LogP contribution is -2.15. The van der Waals surface area contributed by atoms with E-state index in [9.17, 15) is 13.2 Å². The van der Waals surface area contributed by atoms with Crippen LogP contribution in [0.15, 0.2) is 47.5 Å². The van der Waals surface area contributed by atoms with Crippen molar-refractivity contribution < 1.29 is 13.2 Å². The summed E-state index contributed by atoms with van der Waals surface area (Å²) in [6.07, 6.45) is 1.41. The normalized spacial score (nSPS) is 11.1. The Morgan fingerprint density at radius 1 is 1.25 bits per heavy atom. The number of hydrogen-bond acceptors (Lipinski definition) is 5. The molecule has 0 aliphatic carbocycles. The van der Waals surface area contributed by atoms with Gasteiger partial charge in [0.05, 0.1) is 0 Å². The van der Waals surface area contributed by atoms with E-state index in [4.69, 9.17) is 5.73 Å². The summed E-state index contributed by atoms with van der Waals surface area (Å²) < 4.78 is 26.7. The Labute approximate surface area is 116 Å². The van der Waals surface area contributed by atoms with Gasteiger partial charge in [0.2, 0.25) is 0 Å². The second kappa shape index (κ2) is 5.30. The summed E-state index contributed by atoms with van der Waals surface area (Å²) in [6.45, 7) is 1.41. The van der Waals surface area contributed by atoms with Crippen LogP contribution in [0.25, 0.3) is 0 Å². The Morgan fingerprint density at radius 2 is 2.00 bits per heavy atom. The Bertz CT molecular complexity index is 757. The van der Waals surface area contributed by atoms with Crippen LogP contribution < -0.4 is 10.5 Å². The average Bonchev–Trinajstić information content (AvgIpc) is 2.38. The molecule has 0 saturated heterocycles. The summed E-state index contributed by atoms with van der Waals surface area (Å²) >= 11 is 0. The molecular weight excluding hydrogens is 278 g/mol. The van der Waals surface area contributed by atoms with E-state index in [1.165, 1.54) is 31.3 Å². The number of aromatic nitrogens is 1. The summed E-state index contributed by atoms with van der Waals surface area (Å²) in [5.41, 5.74) is 6.27. The van der Waals surface area contributed by atoms with Crippen LogP contribution in [0.3, 0.4) is 0 Å². The number of ketones is 1. The fourth-order valence-electron chi connectivity index (χ4n) is 1.64. The molecule has 20 heavy (non-hydrogen) atoms. The lowest BCUT2D eigenvalue weighted by molar-refractivity contribution is 0.101. The van der Waals surface area contributed by atoms with Crippen LogP contribution in [0.1, 0.15) is 17.3 Å². The van der Waals surface area contributed by atoms with Crippen molar-refractivity contribution in [2.75, 3.05) is 10.5 Å². The number of rotatable bonds is 4. The molecule has 0 fully saturated rings. The maximum atomic E-state index is 12.2. The standard InChI is InChI=1S/C13H13N3O3S/c1-9(17)10-4-2-5-11(8-10)16-20(18,19)12-6-3-7-15-13(12)14/h2-8,16H,1H3,(H2,14,15). The van der Waals surface area contributed by atoms with Crippen molar-refractivity contribution in [3.63, 3.8) is 0 Å². The van der Waals surface area contributed by atoms with Crippen LogP contribution in [0.2, 0.25) is 0 Å². The predicted octanol–water partition coefficient (Wildman–Crippen LogP) is 1.67. The molecule has 104 valence electrons. The Hall–Kier alpha value is -2.41. The third-order valence-electron chi connectivity index (χ3n) is 2.61. The van der Waals surface area contributed by atoms with Crippen LogP contribution >= 0.6 is 0 Å². The molecule has 0 radical (unpaired) electrons. The van der Waals surface area contributed by atoms with E-state index in [1.54, 1.807) is 18.2 Å². The molecule has 1 aromatic heterocycles. The highest BCUT2D eigenvalue weighted by molar-refractivity contribution is 7.92. The van der Waals surface area contributed by atoms with Gasteiger partial charge in [0.15, 0.2) is 5.78 Å². The molecule has 2 aromatic rings. The van der Waals surface area contributed by atoms with Gasteiger partial charge in [-0.2, -0.15) is 0 Å². The number of nitrogens with two attached hydrogens (primary N) is 1. The second-order valence-corrected chi connectivity index (χ2v) is 5.78. The Balaban J connectivity index is 2.36. The molecule has 0 bridgehead atoms. The molecule has 7 heteroatoms. The van der Waals surface area contributed by atoms with E-state index in [-0.39, 0.29) is 16.5 Å². The molecule has 6 nitrogen and oxygen atoms in total. The lowest BCUT2D eigenvalue weighted by Gasteiger charge is -2.10. The highest BCUT2D eigenvalue weighted by Gasteiger charge is 2.18. The minimum absolute atomic E-state index is 0.0808. The van der Waals surface area contributed by atoms with Gasteiger partial charge < -0.3 is 5.73 Å². The summed E-state index contributed by atoms with van der Waals surface area (Å²) in [5.74, 6) is -0.227. The van der Waals surface area contributed by atoms with Gasteiger partial charge in [-0.05, 0) is 31.2 Å². The van der Waals surface area contributed by atoms with Crippen LogP contribution in [-0.4, -0.2) is 19.2 Å². The number of carbonyl (C=O) groups is 1. The van der Waals surface area contributed by atoms with E-state index in [0.717, 1.165) is 0 Å². The van der Waals surface area contributed by atoms with Crippen LogP contribution in [-0.2, 0) is 10.0 Å². The Morgan fingerprint density at radius 3 is 2.65 bits per heavy atom. The molecule has 0 amide bonds. The number of sulfonamides is 1. The number of nitrogens with one attached hydrogen (secondary N) is 1. The molecule has 0 aliphatic heterocycles. The molecule has 1 aromatic carbocycles. The quantitative estimate of drug-likeness (QED) is 0.834. The molecule has 1 heterocycles. The minimum Gasteiger partial charge on any atom is -0.383 e. The topological polar surface area (TPSA) is 102 Å². The number of Topliss-reactive ketones (excluding diaryl/α,β-unsaturated/α-hetero) is 1. The zero-order valence-electron chi connectivity index (χ0n) is 10.7. The average molecular weight is 291 g/mol. The number of nitrogen functional groups attached to an aromatic ring is 1. The van der Waals surface area contributed by atoms with Crippen molar-refractivity contribution in [3.05, 3.63) is 48.2 Å². The summed E-state index contributed by atoms with van der Waals surface area (Å²) in [7, 11) is -3.84. The maximum Gasteiger partial charge on any atom is 0.265 e. The molecule has 0 atom stereocenters. The molecule has 3 N–H and O–H groups in total. The van der Waals surface area contributed by atoms with Gasteiger partial charge in [0.1, 0.15) is 10.7 Å². The van der Waals surface area contributed by atoms with E-state index in [2.05, 4.69) is 9.71 Å². The molecule has 0 unspecified atom stereocenters. The van der Waals surface area contributed by atoms with Crippen LogP contribution in [0, 0.1) is 0 Å². The van der Waals surface area contributed by atoms with Crippen molar-refractivity contribution in [2.24, 2.45) is 0 Å². The zero-order chi connectivity index (χ0) is 14.8. The van der Waals surface area contributed by atoms with Gasteiger partial charge in [0, 0.05) is 17.4 Å². The monoisotopic (exact) mass is 291 g/mol. The van der Waals surface area contributed by atoms with E-state index >= 15 is 0 Å².